The van der Waals surface area contributed by atoms with Crippen LogP contribution >= 0.6 is 0 Å². The Morgan fingerprint density at radius 2 is 1.72 bits per heavy atom. The van der Waals surface area contributed by atoms with Crippen LogP contribution in [0.2, 0.25) is 0 Å². The highest BCUT2D eigenvalue weighted by atomic mass is 16.5. The number of hydrogen-bond acceptors (Lipinski definition) is 5. The molecule has 2 N–H and O–H groups in total. The Balaban J connectivity index is 1.46. The zero-order valence-electron chi connectivity index (χ0n) is 18.3. The van der Waals surface area contributed by atoms with E-state index in [1.54, 1.807) is 0 Å². The van der Waals surface area contributed by atoms with Crippen LogP contribution in [0, 0.1) is 0 Å². The van der Waals surface area contributed by atoms with Crippen molar-refractivity contribution >= 4 is 12.1 Å². The van der Waals surface area contributed by atoms with Gasteiger partial charge >= 0.3 is 12.1 Å². The molecule has 4 rings (SSSR count). The van der Waals surface area contributed by atoms with Gasteiger partial charge in [-0.15, -0.1) is 0 Å². The highest BCUT2D eigenvalue weighted by Gasteiger charge is 2.37. The summed E-state index contributed by atoms with van der Waals surface area (Å²) in [6, 6.07) is 16.1. The van der Waals surface area contributed by atoms with Gasteiger partial charge < -0.3 is 15.2 Å². The van der Waals surface area contributed by atoms with Gasteiger partial charge in [0.2, 0.25) is 0 Å². The lowest BCUT2D eigenvalue weighted by Crippen LogP contribution is -2.55. The molecule has 1 atom stereocenters. The molecule has 3 aromatic rings. The third-order valence-electron chi connectivity index (χ3n) is 5.74. The summed E-state index contributed by atoms with van der Waals surface area (Å²) in [5, 5.41) is 16.6. The maximum absolute atomic E-state index is 12.6. The van der Waals surface area contributed by atoms with E-state index in [1.807, 2.05) is 50.2 Å². The fraction of sp³-hybridized carbons (Fsp3) is 0.333. The normalized spacial score (nSPS) is 14.5. The fourth-order valence-corrected chi connectivity index (χ4v) is 3.99. The molecular formula is C24H26N4O4. The van der Waals surface area contributed by atoms with Crippen LogP contribution in [-0.2, 0) is 16.1 Å². The molecule has 1 unspecified atom stereocenters. The van der Waals surface area contributed by atoms with Crippen LogP contribution in [-0.4, -0.2) is 44.1 Å². The minimum atomic E-state index is -1.61. The van der Waals surface area contributed by atoms with E-state index in [-0.39, 0.29) is 25.0 Å². The SMILES string of the molecule is CC(C)c1ncn(CC(C)(NC(=O)OCC2c3ccccc3-c3ccccc32)C(=O)O)n1. The topological polar surface area (TPSA) is 106 Å². The zero-order chi connectivity index (χ0) is 22.9. The number of carbonyl (C=O) groups is 2. The number of aromatic nitrogens is 3. The average molecular weight is 434 g/mol. The van der Waals surface area contributed by atoms with Crippen LogP contribution in [0.15, 0.2) is 54.9 Å². The molecule has 1 amide bonds. The van der Waals surface area contributed by atoms with Crippen molar-refractivity contribution in [2.75, 3.05) is 6.61 Å². The molecule has 1 aliphatic rings. The van der Waals surface area contributed by atoms with Gasteiger partial charge in [0.05, 0.1) is 6.54 Å². The van der Waals surface area contributed by atoms with Crippen molar-refractivity contribution in [3.63, 3.8) is 0 Å². The van der Waals surface area contributed by atoms with Gasteiger partial charge in [0.1, 0.15) is 12.9 Å². The number of nitrogens with zero attached hydrogens (tertiary/aromatic N) is 3. The second-order valence-corrected chi connectivity index (χ2v) is 8.54. The van der Waals surface area contributed by atoms with Gasteiger partial charge in [0.15, 0.2) is 11.4 Å². The maximum atomic E-state index is 12.6. The monoisotopic (exact) mass is 434 g/mol. The number of carboxylic acids is 1. The molecule has 0 spiro atoms. The number of amides is 1. The quantitative estimate of drug-likeness (QED) is 0.586. The van der Waals surface area contributed by atoms with Gasteiger partial charge in [-0.1, -0.05) is 62.4 Å². The second-order valence-electron chi connectivity index (χ2n) is 8.54. The number of carbonyl (C=O) groups excluding carboxylic acids is 1. The number of nitrogens with one attached hydrogen (secondary N) is 1. The molecule has 166 valence electrons. The molecule has 0 radical (unpaired) electrons. The van der Waals surface area contributed by atoms with E-state index in [0.717, 1.165) is 22.3 Å². The van der Waals surface area contributed by atoms with E-state index in [2.05, 4.69) is 27.5 Å². The molecule has 1 aromatic heterocycles. The molecule has 32 heavy (non-hydrogen) atoms. The van der Waals surface area contributed by atoms with E-state index < -0.39 is 17.6 Å². The number of carboxylic acid groups (broad SMARTS) is 1. The van der Waals surface area contributed by atoms with E-state index in [0.29, 0.717) is 5.82 Å². The first-order chi connectivity index (χ1) is 15.3. The van der Waals surface area contributed by atoms with Crippen molar-refractivity contribution in [1.82, 2.24) is 20.1 Å². The zero-order valence-corrected chi connectivity index (χ0v) is 18.3. The molecule has 0 fully saturated rings. The third-order valence-corrected chi connectivity index (χ3v) is 5.74. The molecule has 8 nitrogen and oxygen atoms in total. The minimum absolute atomic E-state index is 0.0771. The van der Waals surface area contributed by atoms with Gasteiger partial charge in [0.25, 0.3) is 0 Å². The van der Waals surface area contributed by atoms with Crippen LogP contribution in [0.4, 0.5) is 4.79 Å². The van der Waals surface area contributed by atoms with Crippen LogP contribution in [0.25, 0.3) is 11.1 Å². The summed E-state index contributed by atoms with van der Waals surface area (Å²) in [5.41, 5.74) is 2.82. The van der Waals surface area contributed by atoms with E-state index in [9.17, 15) is 14.7 Å². The van der Waals surface area contributed by atoms with E-state index in [1.165, 1.54) is 17.9 Å². The molecule has 8 heteroatoms. The standard InChI is InChI=1S/C24H26N4O4/c1-15(2)21-25-14-28(27-21)13-24(3,22(29)30)26-23(31)32-12-20-18-10-6-4-8-16(18)17-9-5-7-11-19(17)20/h4-11,14-15,20H,12-13H2,1-3H3,(H,26,31)(H,29,30). The molecule has 1 aliphatic carbocycles. The number of alkyl carbamates (subject to hydrolysis) is 1. The summed E-state index contributed by atoms with van der Waals surface area (Å²) in [7, 11) is 0. The van der Waals surface area contributed by atoms with Crippen LogP contribution in [0.1, 0.15) is 49.6 Å². The number of fused-ring (bicyclic) bond motifs is 3. The first-order valence-corrected chi connectivity index (χ1v) is 10.5. The van der Waals surface area contributed by atoms with Crippen molar-refractivity contribution in [1.29, 1.82) is 0 Å². The first-order valence-electron chi connectivity index (χ1n) is 10.5. The number of ether oxygens (including phenoxy) is 1. The Morgan fingerprint density at radius 3 is 2.25 bits per heavy atom. The van der Waals surface area contributed by atoms with E-state index in [4.69, 9.17) is 4.74 Å². The Hall–Kier alpha value is -3.68. The van der Waals surface area contributed by atoms with Crippen molar-refractivity contribution in [3.05, 3.63) is 71.8 Å². The largest absolute Gasteiger partial charge is 0.479 e. The summed E-state index contributed by atoms with van der Waals surface area (Å²) in [5.74, 6) is -0.568. The molecule has 0 saturated carbocycles. The molecule has 0 bridgehead atoms. The third kappa shape index (κ3) is 4.08. The summed E-state index contributed by atoms with van der Waals surface area (Å²) >= 11 is 0. The Morgan fingerprint density at radius 1 is 1.12 bits per heavy atom. The molecular weight excluding hydrogens is 408 g/mol. The smallest absolute Gasteiger partial charge is 0.408 e. The van der Waals surface area contributed by atoms with Crippen LogP contribution < -0.4 is 5.32 Å². The maximum Gasteiger partial charge on any atom is 0.408 e. The van der Waals surface area contributed by atoms with Crippen molar-refractivity contribution in [2.45, 2.75) is 44.7 Å². The minimum Gasteiger partial charge on any atom is -0.479 e. The predicted molar refractivity (Wildman–Crippen MR) is 118 cm³/mol. The van der Waals surface area contributed by atoms with Gasteiger partial charge in [-0.2, -0.15) is 5.10 Å². The predicted octanol–water partition coefficient (Wildman–Crippen LogP) is 3.78. The van der Waals surface area contributed by atoms with Gasteiger partial charge in [-0.3, -0.25) is 0 Å². The Kier molecular flexibility index (Phi) is 5.69. The van der Waals surface area contributed by atoms with E-state index >= 15 is 0 Å². The highest BCUT2D eigenvalue weighted by Crippen LogP contribution is 2.44. The number of hydrogen-bond donors (Lipinski definition) is 2. The van der Waals surface area contributed by atoms with Gasteiger partial charge in [-0.25, -0.2) is 19.3 Å². The molecule has 1 heterocycles. The average Bonchev–Trinajstić information content (AvgIpc) is 3.35. The second kappa shape index (κ2) is 8.45. The summed E-state index contributed by atoms with van der Waals surface area (Å²) < 4.78 is 6.93. The summed E-state index contributed by atoms with van der Waals surface area (Å²) in [4.78, 5) is 28.7. The van der Waals surface area contributed by atoms with Gasteiger partial charge in [-0.05, 0) is 29.2 Å². The number of rotatable bonds is 7. The summed E-state index contributed by atoms with van der Waals surface area (Å²) in [6.07, 6.45) is 0.677. The van der Waals surface area contributed by atoms with Crippen molar-refractivity contribution < 1.29 is 19.4 Å². The van der Waals surface area contributed by atoms with Crippen molar-refractivity contribution in [3.8, 4) is 11.1 Å². The van der Waals surface area contributed by atoms with Crippen LogP contribution in [0.3, 0.4) is 0 Å². The van der Waals surface area contributed by atoms with Gasteiger partial charge in [0, 0.05) is 11.8 Å². The lowest BCUT2D eigenvalue weighted by molar-refractivity contribution is -0.144. The highest BCUT2D eigenvalue weighted by molar-refractivity contribution is 5.84. The first kappa shape index (κ1) is 21.5. The fourth-order valence-electron chi connectivity index (χ4n) is 3.99. The molecule has 0 aliphatic heterocycles. The lowest BCUT2D eigenvalue weighted by atomic mass is 9.98. The molecule has 2 aromatic carbocycles. The number of aliphatic carboxylic acids is 1. The summed E-state index contributed by atoms with van der Waals surface area (Å²) in [6.45, 7) is 5.35. The lowest BCUT2D eigenvalue weighted by Gasteiger charge is -2.26. The Labute approximate surface area is 186 Å². The van der Waals surface area contributed by atoms with Crippen molar-refractivity contribution in [2.24, 2.45) is 0 Å². The number of benzene rings is 2. The van der Waals surface area contributed by atoms with Crippen LogP contribution in [0.5, 0.6) is 0 Å². The Bertz CT molecular complexity index is 1110. The molecule has 0 saturated heterocycles.